The predicted octanol–water partition coefficient (Wildman–Crippen LogP) is 2.07. The Morgan fingerprint density at radius 3 is 1.78 bits per heavy atom. The van der Waals surface area contributed by atoms with Crippen LogP contribution in [0.25, 0.3) is 0 Å². The molecule has 0 aromatic carbocycles. The van der Waals surface area contributed by atoms with Crippen molar-refractivity contribution in [3.63, 3.8) is 0 Å². The van der Waals surface area contributed by atoms with Crippen molar-refractivity contribution < 1.29 is 4.74 Å². The largest absolute Gasteiger partial charge is 0.381 e. The molecule has 0 heterocycles. The van der Waals surface area contributed by atoms with Crippen LogP contribution in [0, 0.1) is 11.8 Å². The molecule has 1 nitrogen and oxygen atoms in total. The highest BCUT2D eigenvalue weighted by molar-refractivity contribution is 4.78. The van der Waals surface area contributed by atoms with Gasteiger partial charge in [-0.15, -0.1) is 0 Å². The Morgan fingerprint density at radius 2 is 1.56 bits per heavy atom. The summed E-state index contributed by atoms with van der Waals surface area (Å²) in [4.78, 5) is 0. The molecule has 0 bridgehead atoms. The fraction of sp³-hybridized carbons (Fsp3) is 1.00. The van der Waals surface area contributed by atoms with Gasteiger partial charge in [0.25, 0.3) is 0 Å². The van der Waals surface area contributed by atoms with Crippen molar-refractivity contribution >= 4 is 0 Å². The molecule has 1 rings (SSSR count). The molecule has 1 fully saturated rings. The molecule has 0 saturated heterocycles. The third-order valence-electron chi connectivity index (χ3n) is 2.57. The third-order valence-corrected chi connectivity index (χ3v) is 2.57. The zero-order valence-corrected chi connectivity index (χ0v) is 6.55. The van der Waals surface area contributed by atoms with Crippen molar-refractivity contribution in [3.8, 4) is 0 Å². The van der Waals surface area contributed by atoms with Crippen LogP contribution in [-0.2, 0) is 4.74 Å². The molecule has 54 valence electrons. The molecule has 1 aliphatic rings. The third kappa shape index (κ3) is 1.45. The van der Waals surface area contributed by atoms with Gasteiger partial charge in [-0.2, -0.15) is 0 Å². The molecule has 0 radical (unpaired) electrons. The van der Waals surface area contributed by atoms with Gasteiger partial charge in [-0.1, -0.05) is 13.8 Å². The summed E-state index contributed by atoms with van der Waals surface area (Å²) in [6, 6.07) is 0. The van der Waals surface area contributed by atoms with E-state index in [0.717, 1.165) is 11.8 Å². The van der Waals surface area contributed by atoms with Crippen LogP contribution >= 0.6 is 0 Å². The fourth-order valence-corrected chi connectivity index (χ4v) is 1.58. The van der Waals surface area contributed by atoms with E-state index in [2.05, 4.69) is 13.8 Å². The second-order valence-electron chi connectivity index (χ2n) is 3.28. The Morgan fingerprint density at radius 1 is 1.11 bits per heavy atom. The van der Waals surface area contributed by atoms with Gasteiger partial charge in [-0.3, -0.25) is 0 Å². The number of rotatable bonds is 1. The number of methoxy groups -OCH3 is 1. The van der Waals surface area contributed by atoms with Gasteiger partial charge in [-0.05, 0) is 24.7 Å². The second kappa shape index (κ2) is 2.70. The van der Waals surface area contributed by atoms with Gasteiger partial charge >= 0.3 is 0 Å². The minimum Gasteiger partial charge on any atom is -0.381 e. The maximum atomic E-state index is 5.25. The van der Waals surface area contributed by atoms with Gasteiger partial charge in [0.05, 0.1) is 6.10 Å². The smallest absolute Gasteiger partial charge is 0.0576 e. The topological polar surface area (TPSA) is 9.23 Å². The Balaban J connectivity index is 2.35. The standard InChI is InChI=1S/C8H16O/c1-6-4-8(9-3)5-7(6)2/h6-8H,4-5H2,1-3H3/t6-,7?,8+/m1/s1. The van der Waals surface area contributed by atoms with Gasteiger partial charge in [0.1, 0.15) is 0 Å². The molecule has 0 spiro atoms. The summed E-state index contributed by atoms with van der Waals surface area (Å²) >= 11 is 0. The molecule has 0 aliphatic heterocycles. The van der Waals surface area contributed by atoms with Crippen molar-refractivity contribution in [2.45, 2.75) is 32.8 Å². The lowest BCUT2D eigenvalue weighted by molar-refractivity contribution is 0.104. The molecule has 1 unspecified atom stereocenters. The van der Waals surface area contributed by atoms with E-state index in [1.165, 1.54) is 12.8 Å². The summed E-state index contributed by atoms with van der Waals surface area (Å²) < 4.78 is 5.25. The number of hydrogen-bond donors (Lipinski definition) is 0. The van der Waals surface area contributed by atoms with E-state index in [1.807, 2.05) is 7.11 Å². The first-order chi connectivity index (χ1) is 4.24. The lowest BCUT2D eigenvalue weighted by Crippen LogP contribution is -2.03. The maximum absolute atomic E-state index is 5.25. The number of ether oxygens (including phenoxy) is 1. The summed E-state index contributed by atoms with van der Waals surface area (Å²) in [5.74, 6) is 1.74. The number of hydrogen-bond acceptors (Lipinski definition) is 1. The van der Waals surface area contributed by atoms with E-state index in [9.17, 15) is 0 Å². The summed E-state index contributed by atoms with van der Waals surface area (Å²) in [6.45, 7) is 4.62. The molecule has 1 heteroatoms. The van der Waals surface area contributed by atoms with Gasteiger partial charge in [-0.25, -0.2) is 0 Å². The van der Waals surface area contributed by atoms with Crippen molar-refractivity contribution in [1.29, 1.82) is 0 Å². The molecule has 0 amide bonds. The molecule has 0 N–H and O–H groups in total. The Kier molecular flexibility index (Phi) is 2.12. The van der Waals surface area contributed by atoms with Crippen LogP contribution in [-0.4, -0.2) is 13.2 Å². The lowest BCUT2D eigenvalue weighted by Gasteiger charge is -2.04. The molecule has 0 aromatic rings. The van der Waals surface area contributed by atoms with E-state index < -0.39 is 0 Å². The van der Waals surface area contributed by atoms with E-state index in [4.69, 9.17) is 4.74 Å². The van der Waals surface area contributed by atoms with Gasteiger partial charge < -0.3 is 4.74 Å². The first kappa shape index (κ1) is 7.07. The normalized spacial score (nSPS) is 43.7. The zero-order valence-electron chi connectivity index (χ0n) is 6.55. The van der Waals surface area contributed by atoms with Crippen LogP contribution in [0.15, 0.2) is 0 Å². The van der Waals surface area contributed by atoms with Crippen LogP contribution in [0.4, 0.5) is 0 Å². The van der Waals surface area contributed by atoms with Crippen LogP contribution in [0.5, 0.6) is 0 Å². The Hall–Kier alpha value is -0.0400. The summed E-state index contributed by atoms with van der Waals surface area (Å²) in [5.41, 5.74) is 0. The molecular formula is C8H16O. The zero-order chi connectivity index (χ0) is 6.85. The molecule has 0 aromatic heterocycles. The predicted molar refractivity (Wildman–Crippen MR) is 38.4 cm³/mol. The van der Waals surface area contributed by atoms with Crippen LogP contribution in [0.2, 0.25) is 0 Å². The highest BCUT2D eigenvalue weighted by Crippen LogP contribution is 2.32. The van der Waals surface area contributed by atoms with Crippen molar-refractivity contribution in [3.05, 3.63) is 0 Å². The minimum atomic E-state index is 0.551. The lowest BCUT2D eigenvalue weighted by atomic mass is 10.0. The molecule has 9 heavy (non-hydrogen) atoms. The summed E-state index contributed by atoms with van der Waals surface area (Å²) in [5, 5.41) is 0. The Bertz CT molecular complexity index is 80.6. The first-order valence-corrected chi connectivity index (χ1v) is 3.76. The SMILES string of the molecule is CO[C@@H]1CC(C)[C@H](C)C1. The highest BCUT2D eigenvalue weighted by Gasteiger charge is 2.27. The van der Waals surface area contributed by atoms with Gasteiger partial charge in [0.15, 0.2) is 0 Å². The van der Waals surface area contributed by atoms with Crippen LogP contribution in [0.3, 0.4) is 0 Å². The van der Waals surface area contributed by atoms with E-state index in [1.54, 1.807) is 0 Å². The summed E-state index contributed by atoms with van der Waals surface area (Å²) in [7, 11) is 1.81. The van der Waals surface area contributed by atoms with Crippen molar-refractivity contribution in [2.75, 3.05) is 7.11 Å². The van der Waals surface area contributed by atoms with Gasteiger partial charge in [0, 0.05) is 7.11 Å². The monoisotopic (exact) mass is 128 g/mol. The summed E-state index contributed by atoms with van der Waals surface area (Å²) in [6.07, 6.45) is 3.07. The van der Waals surface area contributed by atoms with E-state index >= 15 is 0 Å². The second-order valence-corrected chi connectivity index (χ2v) is 3.28. The van der Waals surface area contributed by atoms with Crippen molar-refractivity contribution in [1.82, 2.24) is 0 Å². The average molecular weight is 128 g/mol. The van der Waals surface area contributed by atoms with Crippen LogP contribution < -0.4 is 0 Å². The fourth-order valence-electron chi connectivity index (χ4n) is 1.58. The van der Waals surface area contributed by atoms with E-state index in [-0.39, 0.29) is 0 Å². The average Bonchev–Trinajstić information content (AvgIpc) is 2.13. The van der Waals surface area contributed by atoms with Crippen molar-refractivity contribution in [2.24, 2.45) is 11.8 Å². The molecular weight excluding hydrogens is 112 g/mol. The van der Waals surface area contributed by atoms with Gasteiger partial charge in [0.2, 0.25) is 0 Å². The first-order valence-electron chi connectivity index (χ1n) is 3.76. The maximum Gasteiger partial charge on any atom is 0.0576 e. The van der Waals surface area contributed by atoms with Crippen LogP contribution in [0.1, 0.15) is 26.7 Å². The minimum absolute atomic E-state index is 0.551. The molecule has 3 atom stereocenters. The molecule has 1 aliphatic carbocycles. The molecule has 1 saturated carbocycles. The highest BCUT2D eigenvalue weighted by atomic mass is 16.5. The van der Waals surface area contributed by atoms with E-state index in [0.29, 0.717) is 6.10 Å². The Labute approximate surface area is 57.4 Å². The quantitative estimate of drug-likeness (QED) is 0.525.